The summed E-state index contributed by atoms with van der Waals surface area (Å²) < 4.78 is 5.39. The van der Waals surface area contributed by atoms with Crippen LogP contribution >= 0.6 is 0 Å². The minimum Gasteiger partial charge on any atom is -0.444 e. The normalized spacial score (nSPS) is 21.2. The fraction of sp³-hybridized carbons (Fsp3) is 0.900. The van der Waals surface area contributed by atoms with E-state index in [1.54, 1.807) is 11.9 Å². The van der Waals surface area contributed by atoms with Gasteiger partial charge in [-0.2, -0.15) is 0 Å². The summed E-state index contributed by atoms with van der Waals surface area (Å²) in [6.07, 6.45) is -0.245. The van der Waals surface area contributed by atoms with E-state index in [-0.39, 0.29) is 12.1 Å². The second kappa shape index (κ2) is 10.3. The van der Waals surface area contributed by atoms with Crippen molar-refractivity contribution in [2.75, 3.05) is 66.0 Å². The van der Waals surface area contributed by atoms with E-state index >= 15 is 0 Å². The molecule has 1 unspecified atom stereocenters. The molecular formula is C20H40N6O2. The highest BCUT2D eigenvalue weighted by molar-refractivity contribution is 5.80. The van der Waals surface area contributed by atoms with Crippen molar-refractivity contribution in [3.63, 3.8) is 0 Å². The number of amides is 1. The maximum absolute atomic E-state index is 12.0. The third-order valence-electron chi connectivity index (χ3n) is 5.20. The molecule has 0 saturated carbocycles. The number of hydrogen-bond donors (Lipinski definition) is 2. The molecule has 0 aliphatic carbocycles. The van der Waals surface area contributed by atoms with Crippen molar-refractivity contribution in [1.29, 1.82) is 0 Å². The van der Waals surface area contributed by atoms with Crippen molar-refractivity contribution < 1.29 is 9.53 Å². The van der Waals surface area contributed by atoms with Crippen LogP contribution in [0.5, 0.6) is 0 Å². The van der Waals surface area contributed by atoms with E-state index in [4.69, 9.17) is 4.74 Å². The highest BCUT2D eigenvalue weighted by Gasteiger charge is 2.34. The summed E-state index contributed by atoms with van der Waals surface area (Å²) in [7, 11) is 1.79. The Morgan fingerprint density at radius 2 is 1.79 bits per heavy atom. The van der Waals surface area contributed by atoms with Gasteiger partial charge in [-0.25, -0.2) is 4.79 Å². The molecule has 0 spiro atoms. The highest BCUT2D eigenvalue weighted by atomic mass is 16.6. The molecule has 2 rings (SSSR count). The van der Waals surface area contributed by atoms with Crippen LogP contribution in [0.2, 0.25) is 0 Å². The summed E-state index contributed by atoms with van der Waals surface area (Å²) >= 11 is 0. The Balaban J connectivity index is 1.62. The van der Waals surface area contributed by atoms with Crippen LogP contribution < -0.4 is 10.6 Å². The Hall–Kier alpha value is -1.54. The SMILES string of the molecule is CCN1CCN(CC(C)CNC(=NC)NC2CN(C(=O)OC(C)(C)C)C2)CC1. The first-order valence-corrected chi connectivity index (χ1v) is 10.6. The summed E-state index contributed by atoms with van der Waals surface area (Å²) in [6, 6.07) is 0.219. The van der Waals surface area contributed by atoms with Gasteiger partial charge in [-0.15, -0.1) is 0 Å². The molecule has 8 heteroatoms. The van der Waals surface area contributed by atoms with Crippen LogP contribution in [0.4, 0.5) is 4.79 Å². The number of ether oxygens (including phenoxy) is 1. The minimum atomic E-state index is -0.452. The van der Waals surface area contributed by atoms with E-state index in [9.17, 15) is 4.79 Å². The maximum Gasteiger partial charge on any atom is 0.410 e. The van der Waals surface area contributed by atoms with Crippen LogP contribution in [0, 0.1) is 5.92 Å². The number of guanidine groups is 1. The predicted molar refractivity (Wildman–Crippen MR) is 114 cm³/mol. The lowest BCUT2D eigenvalue weighted by atomic mass is 10.1. The van der Waals surface area contributed by atoms with Gasteiger partial charge >= 0.3 is 6.09 Å². The lowest BCUT2D eigenvalue weighted by molar-refractivity contribution is 0.00700. The maximum atomic E-state index is 12.0. The fourth-order valence-electron chi connectivity index (χ4n) is 3.50. The molecule has 2 N–H and O–H groups in total. The van der Waals surface area contributed by atoms with Crippen LogP contribution in [0.25, 0.3) is 0 Å². The number of likely N-dealkylation sites (tertiary alicyclic amines) is 1. The first-order valence-electron chi connectivity index (χ1n) is 10.6. The number of nitrogens with one attached hydrogen (secondary N) is 2. The molecule has 28 heavy (non-hydrogen) atoms. The van der Waals surface area contributed by atoms with Gasteiger partial charge in [0.1, 0.15) is 5.60 Å². The summed E-state index contributed by atoms with van der Waals surface area (Å²) in [5.41, 5.74) is -0.452. The van der Waals surface area contributed by atoms with E-state index < -0.39 is 5.60 Å². The molecule has 1 amide bonds. The number of piperazine rings is 1. The second-order valence-electron chi connectivity index (χ2n) is 9.02. The summed E-state index contributed by atoms with van der Waals surface area (Å²) in [5, 5.41) is 6.82. The van der Waals surface area contributed by atoms with Crippen molar-refractivity contribution in [2.24, 2.45) is 10.9 Å². The quantitative estimate of drug-likeness (QED) is 0.516. The first kappa shape index (κ1) is 22.7. The average molecular weight is 397 g/mol. The predicted octanol–water partition coefficient (Wildman–Crippen LogP) is 1.04. The van der Waals surface area contributed by atoms with Crippen LogP contribution in [-0.2, 0) is 4.74 Å². The number of likely N-dealkylation sites (N-methyl/N-ethyl adjacent to an activating group) is 1. The summed E-state index contributed by atoms with van der Waals surface area (Å²) in [4.78, 5) is 23.1. The van der Waals surface area contributed by atoms with E-state index in [1.165, 1.54) is 13.1 Å². The van der Waals surface area contributed by atoms with Crippen LogP contribution in [0.1, 0.15) is 34.6 Å². The molecule has 1 atom stereocenters. The Morgan fingerprint density at radius 1 is 1.18 bits per heavy atom. The third kappa shape index (κ3) is 7.47. The molecule has 2 heterocycles. The lowest BCUT2D eigenvalue weighted by Gasteiger charge is -2.40. The second-order valence-corrected chi connectivity index (χ2v) is 9.02. The number of carbonyl (C=O) groups is 1. The highest BCUT2D eigenvalue weighted by Crippen LogP contribution is 2.15. The van der Waals surface area contributed by atoms with Crippen molar-refractivity contribution in [3.8, 4) is 0 Å². The zero-order valence-electron chi connectivity index (χ0n) is 18.6. The van der Waals surface area contributed by atoms with Gasteiger partial charge in [0, 0.05) is 59.4 Å². The Bertz CT molecular complexity index is 519. The van der Waals surface area contributed by atoms with Crippen LogP contribution in [0.15, 0.2) is 4.99 Å². The molecule has 2 fully saturated rings. The molecular weight excluding hydrogens is 356 g/mol. The van der Waals surface area contributed by atoms with Gasteiger partial charge in [-0.1, -0.05) is 13.8 Å². The van der Waals surface area contributed by atoms with Crippen molar-refractivity contribution in [3.05, 3.63) is 0 Å². The molecule has 0 bridgehead atoms. The topological polar surface area (TPSA) is 72.4 Å². The van der Waals surface area contributed by atoms with Gasteiger partial charge in [0.05, 0.1) is 6.04 Å². The van der Waals surface area contributed by atoms with E-state index in [1.807, 2.05) is 20.8 Å². The number of hydrogen-bond acceptors (Lipinski definition) is 5. The summed E-state index contributed by atoms with van der Waals surface area (Å²) in [5.74, 6) is 1.35. The Morgan fingerprint density at radius 3 is 2.32 bits per heavy atom. The number of rotatable bonds is 6. The van der Waals surface area contributed by atoms with Gasteiger partial charge in [0.15, 0.2) is 5.96 Å². The van der Waals surface area contributed by atoms with Gasteiger partial charge in [-0.05, 0) is 33.2 Å². The van der Waals surface area contributed by atoms with E-state index in [2.05, 4.69) is 39.3 Å². The minimum absolute atomic E-state index is 0.219. The Kier molecular flexibility index (Phi) is 8.37. The molecule has 0 aromatic carbocycles. The van der Waals surface area contributed by atoms with Gasteiger partial charge in [-0.3, -0.25) is 4.99 Å². The van der Waals surface area contributed by atoms with Crippen LogP contribution in [0.3, 0.4) is 0 Å². The number of carbonyl (C=O) groups excluding carboxylic acids is 1. The molecule has 0 radical (unpaired) electrons. The third-order valence-corrected chi connectivity index (χ3v) is 5.20. The standard InChI is InChI=1S/C20H40N6O2/c1-7-24-8-10-25(11-9-24)13-16(2)12-22-18(21-6)23-17-14-26(15-17)19(27)28-20(3,4)5/h16-17H,7-15H2,1-6H3,(H2,21,22,23). The van der Waals surface area contributed by atoms with E-state index in [0.29, 0.717) is 19.0 Å². The van der Waals surface area contributed by atoms with Gasteiger partial charge < -0.3 is 30.1 Å². The molecule has 2 aliphatic heterocycles. The molecule has 162 valence electrons. The van der Waals surface area contributed by atoms with Crippen molar-refractivity contribution in [2.45, 2.75) is 46.3 Å². The largest absolute Gasteiger partial charge is 0.444 e. The van der Waals surface area contributed by atoms with Crippen LogP contribution in [-0.4, -0.2) is 104 Å². The molecule has 2 aliphatic rings. The number of nitrogens with zero attached hydrogens (tertiary/aromatic N) is 4. The smallest absolute Gasteiger partial charge is 0.410 e. The summed E-state index contributed by atoms with van der Waals surface area (Å²) in [6.45, 7) is 19.3. The molecule has 0 aromatic rings. The monoisotopic (exact) mass is 396 g/mol. The fourth-order valence-corrected chi connectivity index (χ4v) is 3.50. The average Bonchev–Trinajstić information content (AvgIpc) is 2.59. The van der Waals surface area contributed by atoms with Gasteiger partial charge in [0.2, 0.25) is 0 Å². The first-order chi connectivity index (χ1) is 13.2. The van der Waals surface area contributed by atoms with Crippen molar-refractivity contribution in [1.82, 2.24) is 25.3 Å². The zero-order valence-corrected chi connectivity index (χ0v) is 18.6. The molecule has 8 nitrogen and oxygen atoms in total. The number of aliphatic imine (C=N–C) groups is 1. The Labute approximate surface area is 170 Å². The van der Waals surface area contributed by atoms with E-state index in [0.717, 1.165) is 38.7 Å². The lowest BCUT2D eigenvalue weighted by Crippen LogP contribution is -2.63. The molecule has 0 aromatic heterocycles. The van der Waals surface area contributed by atoms with Gasteiger partial charge in [0.25, 0.3) is 0 Å². The van der Waals surface area contributed by atoms with Crippen molar-refractivity contribution >= 4 is 12.1 Å². The zero-order chi connectivity index (χ0) is 20.7. The molecule has 2 saturated heterocycles.